The summed E-state index contributed by atoms with van der Waals surface area (Å²) in [5.41, 5.74) is 4.09. The van der Waals surface area contributed by atoms with Crippen molar-refractivity contribution in [3.63, 3.8) is 0 Å². The highest BCUT2D eigenvalue weighted by Gasteiger charge is 2.51. The van der Waals surface area contributed by atoms with Gasteiger partial charge in [0.2, 0.25) is 5.91 Å². The number of rotatable bonds is 5. The van der Waals surface area contributed by atoms with E-state index >= 15 is 0 Å². The van der Waals surface area contributed by atoms with Crippen LogP contribution in [0.15, 0.2) is 97.6 Å². The molecule has 0 aliphatic carbocycles. The average Bonchev–Trinajstić information content (AvgIpc) is 3.03. The summed E-state index contributed by atoms with van der Waals surface area (Å²) >= 11 is 6.28. The lowest BCUT2D eigenvalue weighted by Gasteiger charge is -2.29. The molecule has 0 N–H and O–H groups in total. The number of carbonyl (C=O) groups is 1. The number of aromatic nitrogens is 2. The summed E-state index contributed by atoms with van der Waals surface area (Å²) in [6.07, 6.45) is 8.24. The van der Waals surface area contributed by atoms with Crippen molar-refractivity contribution in [3.8, 4) is 0 Å². The summed E-state index contributed by atoms with van der Waals surface area (Å²) in [7, 11) is 0. The van der Waals surface area contributed by atoms with Gasteiger partial charge in [-0.1, -0.05) is 35.9 Å². The minimum Gasteiger partial charge on any atom is -0.280 e. The third-order valence-electron chi connectivity index (χ3n) is 5.85. The Balaban J connectivity index is 0.00000153. The van der Waals surface area contributed by atoms with Gasteiger partial charge in [0.25, 0.3) is 0 Å². The first-order chi connectivity index (χ1) is 15.2. The smallest absolute Gasteiger partial charge is 0.242 e. The fourth-order valence-electron chi connectivity index (χ4n) is 4.49. The van der Waals surface area contributed by atoms with E-state index < -0.39 is 5.41 Å². The first-order valence-electron chi connectivity index (χ1n) is 10.1. The summed E-state index contributed by atoms with van der Waals surface area (Å²) in [5, 5.41) is 0.601. The number of benzene rings is 2. The van der Waals surface area contributed by atoms with Crippen molar-refractivity contribution < 1.29 is 4.79 Å². The fourth-order valence-corrected chi connectivity index (χ4v) is 4.67. The quantitative estimate of drug-likeness (QED) is 0.321. The number of fused-ring (bicyclic) bond motifs is 1. The Morgan fingerprint density at radius 2 is 1.33 bits per heavy atom. The maximum Gasteiger partial charge on any atom is 0.242 e. The molecule has 0 fully saturated rings. The summed E-state index contributed by atoms with van der Waals surface area (Å²) in [5.74, 6) is 0.0459. The van der Waals surface area contributed by atoms with Gasteiger partial charge in [0.15, 0.2) is 0 Å². The third kappa shape index (κ3) is 4.60. The van der Waals surface area contributed by atoms with Crippen molar-refractivity contribution in [1.29, 1.82) is 0 Å². The summed E-state index contributed by atoms with van der Waals surface area (Å²) in [6, 6.07) is 23.4. The van der Waals surface area contributed by atoms with Gasteiger partial charge in [0.05, 0.1) is 16.8 Å². The summed E-state index contributed by atoms with van der Waals surface area (Å²) < 4.78 is 0. The van der Waals surface area contributed by atoms with Crippen LogP contribution in [0.1, 0.15) is 16.7 Å². The number of hydrogen-bond acceptors (Lipinski definition) is 3. The number of hydrogen-bond donors (Lipinski definition) is 0. The van der Waals surface area contributed by atoms with Gasteiger partial charge in [-0.05, 0) is 78.1 Å². The Labute approximate surface area is 210 Å². The zero-order valence-electron chi connectivity index (χ0n) is 17.6. The Bertz CT molecular complexity index is 1190. The second-order valence-electron chi connectivity index (χ2n) is 7.78. The number of carbonyl (C=O) groups excluding carboxylic acids is 1. The Hall–Kier alpha value is -2.92. The van der Waals surface area contributed by atoms with Crippen LogP contribution in [0, 0.1) is 0 Å². The van der Waals surface area contributed by atoms with Gasteiger partial charge >= 0.3 is 0 Å². The lowest BCUT2D eigenvalue weighted by Crippen LogP contribution is -2.42. The Kier molecular flexibility index (Phi) is 7.75. The van der Waals surface area contributed by atoms with Crippen LogP contribution in [0.4, 0.5) is 11.4 Å². The number of halogens is 3. The maximum absolute atomic E-state index is 14.3. The second kappa shape index (κ2) is 10.3. The molecule has 0 unspecified atom stereocenters. The molecule has 7 heteroatoms. The highest BCUT2D eigenvalue weighted by molar-refractivity contribution is 6.31. The van der Waals surface area contributed by atoms with Gasteiger partial charge < -0.3 is 0 Å². The largest absolute Gasteiger partial charge is 0.280 e. The van der Waals surface area contributed by atoms with Crippen molar-refractivity contribution >= 4 is 53.7 Å². The SMILES string of the molecule is Cl.Cl.O=C1N(c2cccc(Cl)c2)c2ccccc2C1(Cc1ccncc1)Cc1ccncc1. The van der Waals surface area contributed by atoms with Crippen LogP contribution in [-0.2, 0) is 23.1 Å². The molecule has 0 spiro atoms. The van der Waals surface area contributed by atoms with Crippen LogP contribution in [0.3, 0.4) is 0 Å². The molecule has 3 heterocycles. The molecule has 0 bridgehead atoms. The van der Waals surface area contributed by atoms with E-state index in [-0.39, 0.29) is 30.7 Å². The zero-order chi connectivity index (χ0) is 21.3. The predicted molar refractivity (Wildman–Crippen MR) is 137 cm³/mol. The molecule has 0 radical (unpaired) electrons. The molecular weight excluding hydrogens is 477 g/mol. The van der Waals surface area contributed by atoms with Crippen molar-refractivity contribution in [2.45, 2.75) is 18.3 Å². The fraction of sp³-hybridized carbons (Fsp3) is 0.115. The number of pyridine rings is 2. The van der Waals surface area contributed by atoms with E-state index in [9.17, 15) is 4.79 Å². The lowest BCUT2D eigenvalue weighted by atomic mass is 9.72. The maximum atomic E-state index is 14.3. The molecule has 1 amide bonds. The van der Waals surface area contributed by atoms with E-state index in [0.29, 0.717) is 17.9 Å². The molecule has 0 atom stereocenters. The average molecular weight is 499 g/mol. The van der Waals surface area contributed by atoms with E-state index in [2.05, 4.69) is 16.0 Å². The molecule has 5 rings (SSSR count). The highest BCUT2D eigenvalue weighted by Crippen LogP contribution is 2.49. The number of nitrogens with zero attached hydrogens (tertiary/aromatic N) is 3. The Morgan fingerprint density at radius 3 is 1.91 bits per heavy atom. The van der Waals surface area contributed by atoms with Gasteiger partial charge in [-0.15, -0.1) is 24.8 Å². The first-order valence-corrected chi connectivity index (χ1v) is 10.5. The van der Waals surface area contributed by atoms with Gasteiger partial charge in [0.1, 0.15) is 0 Å². The van der Waals surface area contributed by atoms with Crippen LogP contribution < -0.4 is 4.90 Å². The second-order valence-corrected chi connectivity index (χ2v) is 8.22. The van der Waals surface area contributed by atoms with E-state index in [0.717, 1.165) is 28.1 Å². The van der Waals surface area contributed by atoms with Gasteiger partial charge in [-0.2, -0.15) is 0 Å². The van der Waals surface area contributed by atoms with E-state index in [1.165, 1.54) is 0 Å². The van der Waals surface area contributed by atoms with E-state index in [4.69, 9.17) is 11.6 Å². The van der Waals surface area contributed by atoms with Gasteiger partial charge in [-0.3, -0.25) is 19.7 Å². The summed E-state index contributed by atoms with van der Waals surface area (Å²) in [4.78, 5) is 24.4. The van der Waals surface area contributed by atoms with Crippen LogP contribution in [0.2, 0.25) is 5.02 Å². The van der Waals surface area contributed by atoms with Crippen molar-refractivity contribution in [1.82, 2.24) is 9.97 Å². The molecule has 2 aromatic carbocycles. The number of para-hydroxylation sites is 1. The third-order valence-corrected chi connectivity index (χ3v) is 6.09. The van der Waals surface area contributed by atoms with Crippen LogP contribution >= 0.6 is 36.4 Å². The normalized spacial score (nSPS) is 13.6. The molecule has 4 aromatic rings. The van der Waals surface area contributed by atoms with E-state index in [1.807, 2.05) is 71.6 Å². The number of anilines is 2. The van der Waals surface area contributed by atoms with Crippen molar-refractivity contribution in [3.05, 3.63) is 119 Å². The molecule has 2 aromatic heterocycles. The van der Waals surface area contributed by atoms with Gasteiger partial charge in [0, 0.05) is 29.8 Å². The summed E-state index contributed by atoms with van der Waals surface area (Å²) in [6.45, 7) is 0. The molecule has 1 aliphatic rings. The standard InChI is InChI=1S/C26H20ClN3O.2ClH/c27-21-4-3-5-22(16-21)30-24-7-2-1-6-23(24)26(25(30)31,17-19-8-12-28-13-9-19)18-20-10-14-29-15-11-20;;/h1-16H,17-18H2;2*1H. The minimum atomic E-state index is -0.748. The van der Waals surface area contributed by atoms with Crippen molar-refractivity contribution in [2.24, 2.45) is 0 Å². The molecule has 1 aliphatic heterocycles. The van der Waals surface area contributed by atoms with Crippen molar-refractivity contribution in [2.75, 3.05) is 4.90 Å². The Morgan fingerprint density at radius 1 is 0.758 bits per heavy atom. The molecular formula is C26H22Cl3N3O. The van der Waals surface area contributed by atoms with Crippen LogP contribution in [0.5, 0.6) is 0 Å². The number of amides is 1. The molecule has 168 valence electrons. The first kappa shape index (κ1) is 24.7. The van der Waals surface area contributed by atoms with Crippen LogP contribution in [0.25, 0.3) is 0 Å². The molecule has 33 heavy (non-hydrogen) atoms. The van der Waals surface area contributed by atoms with Gasteiger partial charge in [-0.25, -0.2) is 0 Å². The lowest BCUT2D eigenvalue weighted by molar-refractivity contribution is -0.122. The molecule has 4 nitrogen and oxygen atoms in total. The minimum absolute atomic E-state index is 0. The topological polar surface area (TPSA) is 46.1 Å². The predicted octanol–water partition coefficient (Wildman–Crippen LogP) is 6.38. The highest BCUT2D eigenvalue weighted by atomic mass is 35.5. The van der Waals surface area contributed by atoms with E-state index in [1.54, 1.807) is 24.8 Å². The zero-order valence-corrected chi connectivity index (χ0v) is 20.0. The molecule has 0 saturated heterocycles. The monoisotopic (exact) mass is 497 g/mol. The van der Waals surface area contributed by atoms with Crippen LogP contribution in [-0.4, -0.2) is 15.9 Å². The molecule has 0 saturated carbocycles.